The van der Waals surface area contributed by atoms with Crippen LogP contribution in [0.5, 0.6) is 11.5 Å². The van der Waals surface area contributed by atoms with E-state index in [1.165, 1.54) is 31.2 Å². The Balaban J connectivity index is 1.29. The van der Waals surface area contributed by atoms with Gasteiger partial charge in [0.25, 0.3) is 11.6 Å². The molecule has 0 aromatic heterocycles. The Morgan fingerprint density at radius 3 is 2.39 bits per heavy atom. The Hall–Kier alpha value is -2.97. The number of Topliss-reactive ketones (excluding diaryl/α,β-unsaturated/α-hetero) is 1. The molecule has 0 radical (unpaired) electrons. The van der Waals surface area contributed by atoms with Crippen LogP contribution in [0, 0.1) is 5.82 Å². The largest absolute Gasteiger partial charge is 0.483 e. The van der Waals surface area contributed by atoms with E-state index in [-0.39, 0.29) is 24.1 Å². The molecule has 2 aromatic rings. The Bertz CT molecular complexity index is 944. The predicted octanol–water partition coefficient (Wildman–Crippen LogP) is 1.93. The number of carbonyl (C=O) groups is 2. The molecule has 1 amide bonds. The van der Waals surface area contributed by atoms with E-state index < -0.39 is 5.72 Å². The van der Waals surface area contributed by atoms with Gasteiger partial charge in [0.1, 0.15) is 12.4 Å². The minimum atomic E-state index is -1.11. The zero-order chi connectivity index (χ0) is 21.8. The van der Waals surface area contributed by atoms with Gasteiger partial charge in [-0.2, -0.15) is 0 Å². The Kier molecular flexibility index (Phi) is 6.20. The summed E-state index contributed by atoms with van der Waals surface area (Å²) in [5.41, 5.74) is -0.679. The molecule has 31 heavy (non-hydrogen) atoms. The van der Waals surface area contributed by atoms with Crippen molar-refractivity contribution in [3.63, 3.8) is 0 Å². The number of para-hydroxylation sites is 2. The number of rotatable bonds is 6. The van der Waals surface area contributed by atoms with Crippen LogP contribution in [0.1, 0.15) is 17.3 Å². The fourth-order valence-electron chi connectivity index (χ4n) is 3.96. The molecule has 0 bridgehead atoms. The summed E-state index contributed by atoms with van der Waals surface area (Å²) in [5, 5.41) is 2.86. The lowest BCUT2D eigenvalue weighted by atomic mass is 10.1. The lowest BCUT2D eigenvalue weighted by Gasteiger charge is -2.47. The predicted molar refractivity (Wildman–Crippen MR) is 113 cm³/mol. The molecule has 1 atom stereocenters. The van der Waals surface area contributed by atoms with Crippen LogP contribution in [-0.4, -0.2) is 73.1 Å². The van der Waals surface area contributed by atoms with E-state index in [0.717, 1.165) is 13.1 Å². The molecule has 2 heterocycles. The first-order chi connectivity index (χ1) is 15.0. The second kappa shape index (κ2) is 9.03. The number of nitrogens with zero attached hydrogens (tertiary/aromatic N) is 2. The lowest BCUT2D eigenvalue weighted by Crippen LogP contribution is -2.67. The number of carbonyl (C=O) groups excluding carboxylic acids is 2. The molecule has 8 heteroatoms. The Morgan fingerprint density at radius 2 is 1.71 bits per heavy atom. The molecule has 1 saturated heterocycles. The number of amides is 1. The van der Waals surface area contributed by atoms with Crippen molar-refractivity contribution in [2.45, 2.75) is 12.6 Å². The number of ketones is 1. The number of halogens is 1. The van der Waals surface area contributed by atoms with Crippen LogP contribution in [0.3, 0.4) is 0 Å². The van der Waals surface area contributed by atoms with Crippen molar-refractivity contribution in [3.05, 3.63) is 59.9 Å². The van der Waals surface area contributed by atoms with E-state index in [2.05, 4.69) is 10.2 Å². The maximum absolute atomic E-state index is 13.0. The second-order valence-corrected chi connectivity index (χ2v) is 7.77. The van der Waals surface area contributed by atoms with Crippen LogP contribution >= 0.6 is 0 Å². The molecule has 0 spiro atoms. The van der Waals surface area contributed by atoms with Crippen molar-refractivity contribution < 1.29 is 23.5 Å². The molecule has 0 aliphatic carbocycles. The molecular weight excluding hydrogens is 401 g/mol. The van der Waals surface area contributed by atoms with Gasteiger partial charge in [-0.25, -0.2) is 4.39 Å². The second-order valence-electron chi connectivity index (χ2n) is 7.77. The van der Waals surface area contributed by atoms with Gasteiger partial charge in [0, 0.05) is 51.8 Å². The van der Waals surface area contributed by atoms with Crippen LogP contribution < -0.4 is 14.8 Å². The van der Waals surface area contributed by atoms with E-state index in [0.29, 0.717) is 43.2 Å². The molecular formula is C23H26FN3O4. The molecule has 2 aliphatic rings. The zero-order valence-corrected chi connectivity index (χ0v) is 17.5. The maximum Gasteiger partial charge on any atom is 0.256 e. The fraction of sp³-hybridized carbons (Fsp3) is 0.391. The zero-order valence-electron chi connectivity index (χ0n) is 17.5. The molecule has 1 N–H and O–H groups in total. The third kappa shape index (κ3) is 4.55. The molecule has 0 saturated carbocycles. The normalized spacial score (nSPS) is 21.5. The van der Waals surface area contributed by atoms with Crippen LogP contribution in [0.4, 0.5) is 4.39 Å². The van der Waals surface area contributed by atoms with E-state index in [9.17, 15) is 14.0 Å². The number of fused-ring (bicyclic) bond motifs is 1. The first-order valence-corrected chi connectivity index (χ1v) is 10.4. The first kappa shape index (κ1) is 21.3. The van der Waals surface area contributed by atoms with Crippen molar-refractivity contribution in [2.75, 3.05) is 45.9 Å². The quantitative estimate of drug-likeness (QED) is 0.760. The minimum absolute atomic E-state index is 0.0815. The summed E-state index contributed by atoms with van der Waals surface area (Å²) in [6.45, 7) is 5.66. The van der Waals surface area contributed by atoms with Gasteiger partial charge in [-0.3, -0.25) is 19.4 Å². The van der Waals surface area contributed by atoms with Gasteiger partial charge >= 0.3 is 0 Å². The third-order valence-corrected chi connectivity index (χ3v) is 5.80. The highest BCUT2D eigenvalue weighted by Gasteiger charge is 2.48. The summed E-state index contributed by atoms with van der Waals surface area (Å²) in [6, 6.07) is 12.9. The van der Waals surface area contributed by atoms with E-state index in [1.807, 2.05) is 29.2 Å². The average Bonchev–Trinajstić information content (AvgIpc) is 2.79. The standard InChI is InChI=1S/C23H26FN3O4/c1-17(28)23(16-30-20-4-2-3-5-21(20)31-23)27-14-12-26(13-15-27)11-10-25-22(29)18-6-8-19(24)9-7-18/h2-9H,10-16H2,1H3,(H,25,29). The van der Waals surface area contributed by atoms with E-state index in [1.54, 1.807) is 0 Å². The fourth-order valence-corrected chi connectivity index (χ4v) is 3.96. The van der Waals surface area contributed by atoms with Crippen LogP contribution in [0.2, 0.25) is 0 Å². The number of ether oxygens (including phenoxy) is 2. The highest BCUT2D eigenvalue weighted by Crippen LogP contribution is 2.37. The van der Waals surface area contributed by atoms with Crippen molar-refractivity contribution >= 4 is 11.7 Å². The Morgan fingerprint density at radius 1 is 1.03 bits per heavy atom. The molecule has 2 aliphatic heterocycles. The molecule has 2 aromatic carbocycles. The number of nitrogens with one attached hydrogen (secondary N) is 1. The summed E-state index contributed by atoms with van der Waals surface area (Å²) in [4.78, 5) is 29.0. The lowest BCUT2D eigenvalue weighted by molar-refractivity contribution is -0.168. The molecule has 1 fully saturated rings. The molecule has 1 unspecified atom stereocenters. The van der Waals surface area contributed by atoms with Crippen molar-refractivity contribution in [2.24, 2.45) is 0 Å². The average molecular weight is 427 g/mol. The Labute approximate surface area is 180 Å². The monoisotopic (exact) mass is 427 g/mol. The number of benzene rings is 2. The number of hydrogen-bond donors (Lipinski definition) is 1. The third-order valence-electron chi connectivity index (χ3n) is 5.80. The first-order valence-electron chi connectivity index (χ1n) is 10.4. The van der Waals surface area contributed by atoms with Crippen molar-refractivity contribution in [3.8, 4) is 11.5 Å². The van der Waals surface area contributed by atoms with E-state index in [4.69, 9.17) is 9.47 Å². The minimum Gasteiger partial charge on any atom is -0.483 e. The smallest absolute Gasteiger partial charge is 0.256 e. The summed E-state index contributed by atoms with van der Waals surface area (Å²) in [5.74, 6) is 0.556. The van der Waals surface area contributed by atoms with Crippen LogP contribution in [0.25, 0.3) is 0 Å². The van der Waals surface area contributed by atoms with Crippen molar-refractivity contribution in [1.29, 1.82) is 0 Å². The van der Waals surface area contributed by atoms with Crippen LogP contribution in [-0.2, 0) is 4.79 Å². The van der Waals surface area contributed by atoms with Gasteiger partial charge in [-0.1, -0.05) is 12.1 Å². The van der Waals surface area contributed by atoms with Crippen LogP contribution in [0.15, 0.2) is 48.5 Å². The van der Waals surface area contributed by atoms with Crippen molar-refractivity contribution in [1.82, 2.24) is 15.1 Å². The highest BCUT2D eigenvalue weighted by molar-refractivity contribution is 5.94. The molecule has 4 rings (SSSR count). The summed E-state index contributed by atoms with van der Waals surface area (Å²) in [7, 11) is 0. The summed E-state index contributed by atoms with van der Waals surface area (Å²) < 4.78 is 25.0. The number of piperazine rings is 1. The topological polar surface area (TPSA) is 71.1 Å². The SMILES string of the molecule is CC(=O)C1(N2CCN(CCNC(=O)c3ccc(F)cc3)CC2)COc2ccccc2O1. The van der Waals surface area contributed by atoms with Gasteiger partial charge in [0.15, 0.2) is 17.3 Å². The van der Waals surface area contributed by atoms with Gasteiger partial charge in [0.2, 0.25) is 0 Å². The summed E-state index contributed by atoms with van der Waals surface area (Å²) in [6.07, 6.45) is 0. The maximum atomic E-state index is 13.0. The van der Waals surface area contributed by atoms with Gasteiger partial charge in [-0.15, -0.1) is 0 Å². The van der Waals surface area contributed by atoms with Gasteiger partial charge in [0.05, 0.1) is 0 Å². The van der Waals surface area contributed by atoms with Gasteiger partial charge in [-0.05, 0) is 36.4 Å². The number of hydrogen-bond acceptors (Lipinski definition) is 6. The van der Waals surface area contributed by atoms with Gasteiger partial charge < -0.3 is 14.8 Å². The molecule has 164 valence electrons. The highest BCUT2D eigenvalue weighted by atomic mass is 19.1. The molecule has 7 nitrogen and oxygen atoms in total. The summed E-state index contributed by atoms with van der Waals surface area (Å²) >= 11 is 0. The van der Waals surface area contributed by atoms with E-state index >= 15 is 0 Å².